The Morgan fingerprint density at radius 3 is 2.62 bits per heavy atom. The number of hydrogen-bond donors (Lipinski definition) is 1. The highest BCUT2D eigenvalue weighted by atomic mass is 15.1. The van der Waals surface area contributed by atoms with Crippen molar-refractivity contribution in [2.75, 3.05) is 26.2 Å². The highest BCUT2D eigenvalue weighted by Crippen LogP contribution is 2.16. The van der Waals surface area contributed by atoms with Gasteiger partial charge in [-0.05, 0) is 50.0 Å². The van der Waals surface area contributed by atoms with Gasteiger partial charge in [-0.3, -0.25) is 4.90 Å². The van der Waals surface area contributed by atoms with Gasteiger partial charge in [0, 0.05) is 19.6 Å². The summed E-state index contributed by atoms with van der Waals surface area (Å²) in [6.45, 7) is 10.2. The predicted molar refractivity (Wildman–Crippen MR) is 68.7 cm³/mol. The molecule has 1 fully saturated rings. The van der Waals surface area contributed by atoms with Gasteiger partial charge in [0.2, 0.25) is 0 Å². The summed E-state index contributed by atoms with van der Waals surface area (Å²) in [6, 6.07) is 6.59. The number of hydrogen-bond acceptors (Lipinski definition) is 2. The summed E-state index contributed by atoms with van der Waals surface area (Å²) in [4.78, 5) is 2.56. The Kier molecular flexibility index (Phi) is 3.97. The average molecular weight is 218 g/mol. The maximum Gasteiger partial charge on any atom is 0.0239 e. The monoisotopic (exact) mass is 218 g/mol. The van der Waals surface area contributed by atoms with E-state index in [-0.39, 0.29) is 0 Å². The molecule has 0 atom stereocenters. The lowest BCUT2D eigenvalue weighted by atomic mass is 10.0. The van der Waals surface area contributed by atoms with E-state index >= 15 is 0 Å². The fourth-order valence-corrected chi connectivity index (χ4v) is 2.38. The largest absolute Gasteiger partial charge is 0.315 e. The number of benzene rings is 1. The summed E-state index contributed by atoms with van der Waals surface area (Å²) < 4.78 is 0. The summed E-state index contributed by atoms with van der Waals surface area (Å²) in [5, 5.41) is 3.45. The molecule has 88 valence electrons. The number of rotatable bonds is 2. The molecule has 1 aliphatic rings. The maximum absolute atomic E-state index is 3.45. The normalized spacial score (nSPS) is 18.4. The molecule has 0 bridgehead atoms. The first-order valence-electron chi connectivity index (χ1n) is 6.25. The summed E-state index contributed by atoms with van der Waals surface area (Å²) in [7, 11) is 0. The second-order valence-corrected chi connectivity index (χ2v) is 4.75. The van der Waals surface area contributed by atoms with E-state index in [1.54, 1.807) is 0 Å². The van der Waals surface area contributed by atoms with Crippen molar-refractivity contribution in [3.8, 4) is 0 Å². The average Bonchev–Trinajstić information content (AvgIpc) is 2.52. The minimum Gasteiger partial charge on any atom is -0.315 e. The van der Waals surface area contributed by atoms with E-state index in [1.807, 2.05) is 0 Å². The van der Waals surface area contributed by atoms with Crippen molar-refractivity contribution in [1.82, 2.24) is 10.2 Å². The van der Waals surface area contributed by atoms with E-state index in [0.717, 1.165) is 13.1 Å². The van der Waals surface area contributed by atoms with Crippen LogP contribution in [0.1, 0.15) is 23.1 Å². The van der Waals surface area contributed by atoms with Gasteiger partial charge >= 0.3 is 0 Å². The summed E-state index contributed by atoms with van der Waals surface area (Å²) >= 11 is 0. The molecule has 0 spiro atoms. The Labute approximate surface area is 98.7 Å². The SMILES string of the molecule is Cc1cccc(C)c1CN1CCCNCC1. The summed E-state index contributed by atoms with van der Waals surface area (Å²) in [5.41, 5.74) is 4.37. The molecule has 0 aromatic heterocycles. The van der Waals surface area contributed by atoms with Crippen LogP contribution in [0.25, 0.3) is 0 Å². The molecule has 1 aromatic rings. The molecular formula is C14H22N2. The van der Waals surface area contributed by atoms with Crippen molar-refractivity contribution >= 4 is 0 Å². The van der Waals surface area contributed by atoms with Gasteiger partial charge in [0.1, 0.15) is 0 Å². The van der Waals surface area contributed by atoms with Crippen LogP contribution in [0.2, 0.25) is 0 Å². The third-order valence-corrected chi connectivity index (χ3v) is 3.46. The van der Waals surface area contributed by atoms with Gasteiger partial charge in [-0.15, -0.1) is 0 Å². The second kappa shape index (κ2) is 5.46. The van der Waals surface area contributed by atoms with Crippen molar-refractivity contribution in [3.63, 3.8) is 0 Å². The van der Waals surface area contributed by atoms with Crippen LogP contribution in [0.5, 0.6) is 0 Å². The van der Waals surface area contributed by atoms with Gasteiger partial charge in [-0.1, -0.05) is 18.2 Å². The van der Waals surface area contributed by atoms with Crippen LogP contribution < -0.4 is 5.32 Å². The Hall–Kier alpha value is -0.860. The zero-order chi connectivity index (χ0) is 11.4. The molecule has 0 unspecified atom stereocenters. The Morgan fingerprint density at radius 1 is 1.12 bits per heavy atom. The molecule has 16 heavy (non-hydrogen) atoms. The summed E-state index contributed by atoms with van der Waals surface area (Å²) in [5.74, 6) is 0. The lowest BCUT2D eigenvalue weighted by molar-refractivity contribution is 0.283. The van der Waals surface area contributed by atoms with Gasteiger partial charge in [0.05, 0.1) is 0 Å². The van der Waals surface area contributed by atoms with Gasteiger partial charge in [-0.2, -0.15) is 0 Å². The van der Waals surface area contributed by atoms with Crippen molar-refractivity contribution in [1.29, 1.82) is 0 Å². The third kappa shape index (κ3) is 2.83. The van der Waals surface area contributed by atoms with Crippen LogP contribution in [0.4, 0.5) is 0 Å². The molecule has 2 rings (SSSR count). The zero-order valence-corrected chi connectivity index (χ0v) is 10.4. The fraction of sp³-hybridized carbons (Fsp3) is 0.571. The third-order valence-electron chi connectivity index (χ3n) is 3.46. The van der Waals surface area contributed by atoms with Gasteiger partial charge in [0.15, 0.2) is 0 Å². The standard InChI is InChI=1S/C14H22N2/c1-12-5-3-6-13(2)14(12)11-16-9-4-7-15-8-10-16/h3,5-6,15H,4,7-11H2,1-2H3. The first kappa shape index (κ1) is 11.6. The van der Waals surface area contributed by atoms with Crippen molar-refractivity contribution in [2.45, 2.75) is 26.8 Å². The van der Waals surface area contributed by atoms with Crippen LogP contribution in [-0.2, 0) is 6.54 Å². The molecule has 1 heterocycles. The molecular weight excluding hydrogens is 196 g/mol. The van der Waals surface area contributed by atoms with Crippen molar-refractivity contribution in [2.24, 2.45) is 0 Å². The molecule has 0 amide bonds. The quantitative estimate of drug-likeness (QED) is 0.818. The van der Waals surface area contributed by atoms with Crippen molar-refractivity contribution < 1.29 is 0 Å². The molecule has 1 aliphatic heterocycles. The van der Waals surface area contributed by atoms with Gasteiger partial charge in [0.25, 0.3) is 0 Å². The second-order valence-electron chi connectivity index (χ2n) is 4.75. The molecule has 0 aliphatic carbocycles. The Balaban J connectivity index is 2.07. The van der Waals surface area contributed by atoms with Crippen LogP contribution >= 0.6 is 0 Å². The van der Waals surface area contributed by atoms with Crippen molar-refractivity contribution in [3.05, 3.63) is 34.9 Å². The van der Waals surface area contributed by atoms with E-state index < -0.39 is 0 Å². The molecule has 2 nitrogen and oxygen atoms in total. The minimum absolute atomic E-state index is 1.11. The molecule has 1 aromatic carbocycles. The topological polar surface area (TPSA) is 15.3 Å². The molecule has 0 radical (unpaired) electrons. The van der Waals surface area contributed by atoms with E-state index in [4.69, 9.17) is 0 Å². The van der Waals surface area contributed by atoms with Crippen LogP contribution in [0, 0.1) is 13.8 Å². The maximum atomic E-state index is 3.45. The van der Waals surface area contributed by atoms with Crippen LogP contribution in [0.15, 0.2) is 18.2 Å². The Bertz CT molecular complexity index is 318. The number of nitrogens with zero attached hydrogens (tertiary/aromatic N) is 1. The molecule has 2 heteroatoms. The molecule has 0 saturated carbocycles. The fourth-order valence-electron chi connectivity index (χ4n) is 2.38. The minimum atomic E-state index is 1.11. The van der Waals surface area contributed by atoms with E-state index in [1.165, 1.54) is 42.7 Å². The molecule has 1 saturated heterocycles. The number of nitrogens with one attached hydrogen (secondary N) is 1. The molecule has 1 N–H and O–H groups in total. The van der Waals surface area contributed by atoms with Gasteiger partial charge < -0.3 is 5.32 Å². The van der Waals surface area contributed by atoms with Gasteiger partial charge in [-0.25, -0.2) is 0 Å². The lowest BCUT2D eigenvalue weighted by Crippen LogP contribution is -2.28. The summed E-state index contributed by atoms with van der Waals surface area (Å²) in [6.07, 6.45) is 1.27. The van der Waals surface area contributed by atoms with E-state index in [2.05, 4.69) is 42.3 Å². The zero-order valence-electron chi connectivity index (χ0n) is 10.4. The van der Waals surface area contributed by atoms with Crippen LogP contribution in [0.3, 0.4) is 0 Å². The predicted octanol–water partition coefficient (Wildman–Crippen LogP) is 2.10. The van der Waals surface area contributed by atoms with Crippen LogP contribution in [-0.4, -0.2) is 31.1 Å². The first-order valence-corrected chi connectivity index (χ1v) is 6.25. The highest BCUT2D eigenvalue weighted by molar-refractivity contribution is 5.33. The van der Waals surface area contributed by atoms with E-state index in [0.29, 0.717) is 0 Å². The van der Waals surface area contributed by atoms with E-state index in [9.17, 15) is 0 Å². The smallest absolute Gasteiger partial charge is 0.0239 e. The highest BCUT2D eigenvalue weighted by Gasteiger charge is 2.11. The first-order chi connectivity index (χ1) is 7.77. The Morgan fingerprint density at radius 2 is 1.88 bits per heavy atom. The number of aryl methyl sites for hydroxylation is 2. The lowest BCUT2D eigenvalue weighted by Gasteiger charge is -2.21.